The van der Waals surface area contributed by atoms with Crippen molar-refractivity contribution in [3.05, 3.63) is 45.8 Å². The van der Waals surface area contributed by atoms with E-state index in [1.807, 2.05) is 20.8 Å². The average Bonchev–Trinajstić information content (AvgIpc) is 2.70. The Hall–Kier alpha value is -3.80. The Balaban J connectivity index is 2.49. The van der Waals surface area contributed by atoms with Crippen molar-refractivity contribution in [3.8, 4) is 0 Å². The molecular weight excluding hydrogens is 396 g/mol. The average molecular weight is 418 g/mol. The van der Waals surface area contributed by atoms with Crippen molar-refractivity contribution in [1.82, 2.24) is 15.4 Å². The van der Waals surface area contributed by atoms with Crippen LogP contribution in [0, 0.1) is 10.1 Å². The summed E-state index contributed by atoms with van der Waals surface area (Å²) in [4.78, 5) is 42.7. The van der Waals surface area contributed by atoms with Crippen LogP contribution >= 0.6 is 0 Å². The predicted molar refractivity (Wildman–Crippen MR) is 108 cm³/mol. The fourth-order valence-corrected chi connectivity index (χ4v) is 2.29. The van der Waals surface area contributed by atoms with Crippen molar-refractivity contribution in [1.29, 1.82) is 0 Å². The number of anilines is 3. The maximum absolute atomic E-state index is 11.9. The first-order valence-electron chi connectivity index (χ1n) is 8.67. The zero-order valence-electron chi connectivity index (χ0n) is 17.1. The van der Waals surface area contributed by atoms with Crippen LogP contribution in [0.3, 0.4) is 0 Å². The van der Waals surface area contributed by atoms with Crippen LogP contribution in [0.25, 0.3) is 0 Å². The van der Waals surface area contributed by atoms with E-state index in [9.17, 15) is 19.7 Å². The molecule has 1 aromatic carbocycles. The highest BCUT2D eigenvalue weighted by Crippen LogP contribution is 2.31. The number of nitrogens with one attached hydrogen (secondary N) is 3. The number of hydrazine groups is 1. The molecule has 0 aliphatic rings. The van der Waals surface area contributed by atoms with Gasteiger partial charge in [-0.1, -0.05) is 0 Å². The Kier molecular flexibility index (Phi) is 6.85. The molecule has 0 amide bonds. The number of nitro groups is 1. The molecule has 2 aromatic rings. The van der Waals surface area contributed by atoms with Crippen LogP contribution in [-0.2, 0) is 9.47 Å². The van der Waals surface area contributed by atoms with Gasteiger partial charge in [0.2, 0.25) is 11.6 Å². The molecule has 0 fully saturated rings. The summed E-state index contributed by atoms with van der Waals surface area (Å²) >= 11 is 0. The molecule has 12 heteroatoms. The van der Waals surface area contributed by atoms with Gasteiger partial charge in [0, 0.05) is 11.2 Å². The lowest BCUT2D eigenvalue weighted by Gasteiger charge is -2.21. The van der Waals surface area contributed by atoms with Gasteiger partial charge in [-0.3, -0.25) is 15.5 Å². The zero-order chi connectivity index (χ0) is 22.5. The molecule has 160 valence electrons. The number of hydrogen-bond donors (Lipinski definition) is 3. The van der Waals surface area contributed by atoms with Gasteiger partial charge in [-0.05, 0) is 39.0 Å². The van der Waals surface area contributed by atoms with Gasteiger partial charge in [0.15, 0.2) is 0 Å². The van der Waals surface area contributed by atoms with E-state index < -0.39 is 28.1 Å². The summed E-state index contributed by atoms with van der Waals surface area (Å²) in [5.41, 5.74) is 5.06. The summed E-state index contributed by atoms with van der Waals surface area (Å²) < 4.78 is 9.37. The van der Waals surface area contributed by atoms with Gasteiger partial charge in [-0.2, -0.15) is 0 Å². The first-order chi connectivity index (χ1) is 14.1. The van der Waals surface area contributed by atoms with E-state index >= 15 is 0 Å². The lowest BCUT2D eigenvalue weighted by Crippen LogP contribution is -2.40. The fourth-order valence-electron chi connectivity index (χ4n) is 2.29. The second-order valence-electron chi connectivity index (χ2n) is 7.08. The highest BCUT2D eigenvalue weighted by atomic mass is 16.6. The second kappa shape index (κ2) is 9.13. The van der Waals surface area contributed by atoms with Crippen molar-refractivity contribution in [2.24, 2.45) is 0 Å². The van der Waals surface area contributed by atoms with Gasteiger partial charge >= 0.3 is 17.6 Å². The smallest absolute Gasteiger partial charge is 0.354 e. The molecule has 12 nitrogen and oxygen atoms in total. The summed E-state index contributed by atoms with van der Waals surface area (Å²) in [7, 11) is 2.38. The molecule has 0 aliphatic carbocycles. The molecule has 0 radical (unpaired) electrons. The summed E-state index contributed by atoms with van der Waals surface area (Å²) in [5, 5.41) is 14.4. The van der Waals surface area contributed by atoms with Gasteiger partial charge in [-0.15, -0.1) is 0 Å². The third kappa shape index (κ3) is 5.61. The Bertz CT molecular complexity index is 938. The molecule has 0 saturated carbocycles. The molecule has 0 bridgehead atoms. The summed E-state index contributed by atoms with van der Waals surface area (Å²) in [5.74, 6) is -1.61. The molecule has 30 heavy (non-hydrogen) atoms. The van der Waals surface area contributed by atoms with E-state index in [4.69, 9.17) is 0 Å². The summed E-state index contributed by atoms with van der Waals surface area (Å²) in [6.07, 6.45) is 1.13. The van der Waals surface area contributed by atoms with Crippen LogP contribution in [0.4, 0.5) is 23.0 Å². The molecule has 1 aromatic heterocycles. The largest absolute Gasteiger partial charge is 0.465 e. The van der Waals surface area contributed by atoms with Crippen LogP contribution in [0.2, 0.25) is 0 Å². The molecule has 0 saturated heterocycles. The van der Waals surface area contributed by atoms with E-state index in [0.717, 1.165) is 6.33 Å². The molecule has 0 unspecified atom stereocenters. The fraction of sp³-hybridized carbons (Fsp3) is 0.333. The second-order valence-corrected chi connectivity index (χ2v) is 7.08. The van der Waals surface area contributed by atoms with E-state index in [-0.39, 0.29) is 28.5 Å². The lowest BCUT2D eigenvalue weighted by atomic mass is 10.1. The number of esters is 2. The minimum Gasteiger partial charge on any atom is -0.465 e. The Morgan fingerprint density at radius 3 is 2.00 bits per heavy atom. The standard InChI is InChI=1S/C18H22N6O6/c1-18(2,3)23-22-15-13(24(27)28)14(19-9-20-15)21-12-7-10(16(25)29-4)6-11(8-12)17(26)30-5/h6-9,23H,1-5H3,(H2,19,20,21,22). The first kappa shape index (κ1) is 22.5. The number of carbonyl (C=O) groups excluding carboxylic acids is 2. The number of hydrogen-bond acceptors (Lipinski definition) is 11. The Morgan fingerprint density at radius 1 is 1.00 bits per heavy atom. The van der Waals surface area contributed by atoms with Crippen LogP contribution in [0.15, 0.2) is 24.5 Å². The highest BCUT2D eigenvalue weighted by Gasteiger charge is 2.25. The maximum Gasteiger partial charge on any atom is 0.354 e. The van der Waals surface area contributed by atoms with E-state index in [0.29, 0.717) is 0 Å². The van der Waals surface area contributed by atoms with Crippen LogP contribution in [-0.4, -0.2) is 46.6 Å². The van der Waals surface area contributed by atoms with Gasteiger partial charge in [0.05, 0.1) is 30.3 Å². The zero-order valence-corrected chi connectivity index (χ0v) is 17.1. The van der Waals surface area contributed by atoms with Crippen LogP contribution in [0.5, 0.6) is 0 Å². The third-order valence-corrected chi connectivity index (χ3v) is 3.60. The van der Waals surface area contributed by atoms with Gasteiger partial charge < -0.3 is 14.8 Å². The van der Waals surface area contributed by atoms with Crippen molar-refractivity contribution in [2.75, 3.05) is 25.0 Å². The predicted octanol–water partition coefficient (Wildman–Crippen LogP) is 2.42. The number of benzene rings is 1. The summed E-state index contributed by atoms with van der Waals surface area (Å²) in [6, 6.07) is 4.02. The number of nitrogens with zero attached hydrogens (tertiary/aromatic N) is 3. The molecule has 2 rings (SSSR count). The van der Waals surface area contributed by atoms with Crippen molar-refractivity contribution >= 4 is 34.9 Å². The molecule has 3 N–H and O–H groups in total. The molecule has 0 atom stereocenters. The number of carbonyl (C=O) groups is 2. The highest BCUT2D eigenvalue weighted by molar-refractivity contribution is 5.97. The van der Waals surface area contributed by atoms with Crippen molar-refractivity contribution in [2.45, 2.75) is 26.3 Å². The van der Waals surface area contributed by atoms with E-state index in [1.54, 1.807) is 0 Å². The molecule has 0 aliphatic heterocycles. The van der Waals surface area contributed by atoms with Gasteiger partial charge in [0.1, 0.15) is 6.33 Å². The Morgan fingerprint density at radius 2 is 1.53 bits per heavy atom. The van der Waals surface area contributed by atoms with Crippen LogP contribution < -0.4 is 16.2 Å². The van der Waals surface area contributed by atoms with E-state index in [1.165, 1.54) is 32.4 Å². The van der Waals surface area contributed by atoms with Gasteiger partial charge in [-0.25, -0.2) is 25.0 Å². The number of methoxy groups -OCH3 is 2. The molecular formula is C18H22N6O6. The summed E-state index contributed by atoms with van der Waals surface area (Å²) in [6.45, 7) is 5.58. The Labute approximate surface area is 172 Å². The third-order valence-electron chi connectivity index (χ3n) is 3.60. The SMILES string of the molecule is COC(=O)c1cc(Nc2ncnc(NNC(C)(C)C)c2[N+](=O)[O-])cc(C(=O)OC)c1. The quantitative estimate of drug-likeness (QED) is 0.344. The topological polar surface area (TPSA) is 158 Å². The monoisotopic (exact) mass is 418 g/mol. The lowest BCUT2D eigenvalue weighted by molar-refractivity contribution is -0.383. The molecule has 0 spiro atoms. The van der Waals surface area contributed by atoms with Crippen LogP contribution in [0.1, 0.15) is 41.5 Å². The normalized spacial score (nSPS) is 10.8. The van der Waals surface area contributed by atoms with Gasteiger partial charge in [0.25, 0.3) is 0 Å². The minimum atomic E-state index is -0.697. The van der Waals surface area contributed by atoms with Crippen molar-refractivity contribution < 1.29 is 24.0 Å². The number of rotatable bonds is 7. The van der Waals surface area contributed by atoms with E-state index in [2.05, 4.69) is 35.6 Å². The number of aromatic nitrogens is 2. The number of ether oxygens (including phenoxy) is 2. The molecule has 1 heterocycles. The maximum atomic E-state index is 11.9. The minimum absolute atomic E-state index is 0.0485. The van der Waals surface area contributed by atoms with Crippen molar-refractivity contribution in [3.63, 3.8) is 0 Å². The first-order valence-corrected chi connectivity index (χ1v) is 8.67.